The van der Waals surface area contributed by atoms with E-state index < -0.39 is 0 Å². The Morgan fingerprint density at radius 3 is 2.82 bits per heavy atom. The molecule has 2 heteroatoms. The second-order valence-electron chi connectivity index (χ2n) is 2.74. The Balaban J connectivity index is 2.76. The fourth-order valence-electron chi connectivity index (χ4n) is 1.23. The van der Waals surface area contributed by atoms with E-state index in [4.69, 9.17) is 4.74 Å². The van der Waals surface area contributed by atoms with Crippen LogP contribution in [0.2, 0.25) is 0 Å². The third kappa shape index (κ3) is 1.70. The lowest BCUT2D eigenvalue weighted by atomic mass is 9.95. The van der Waals surface area contributed by atoms with E-state index in [9.17, 15) is 4.79 Å². The molecule has 2 nitrogen and oxygen atoms in total. The molecular formula is C9H12O2. The van der Waals surface area contributed by atoms with E-state index in [0.717, 1.165) is 24.0 Å². The predicted octanol–water partition coefficient (Wildman–Crippen LogP) is 1.68. The lowest BCUT2D eigenvalue weighted by Gasteiger charge is -2.17. The van der Waals surface area contributed by atoms with E-state index >= 15 is 0 Å². The minimum absolute atomic E-state index is 0.338. The molecule has 0 aromatic heterocycles. The minimum Gasteiger partial charge on any atom is -0.501 e. The Morgan fingerprint density at radius 1 is 1.64 bits per heavy atom. The molecule has 0 heterocycles. The summed E-state index contributed by atoms with van der Waals surface area (Å²) in [6.45, 7) is 2.05. The summed E-state index contributed by atoms with van der Waals surface area (Å²) < 4.78 is 5.10. The highest BCUT2D eigenvalue weighted by Crippen LogP contribution is 2.23. The summed E-state index contributed by atoms with van der Waals surface area (Å²) in [4.78, 5) is 10.4. The van der Waals surface area contributed by atoms with Gasteiger partial charge in [0, 0.05) is 5.92 Å². The van der Waals surface area contributed by atoms with E-state index in [1.165, 1.54) is 0 Å². The van der Waals surface area contributed by atoms with Gasteiger partial charge in [-0.25, -0.2) is 0 Å². The molecule has 0 bridgehead atoms. The number of allylic oxidation sites excluding steroid dienone is 4. The van der Waals surface area contributed by atoms with Crippen LogP contribution in [0.1, 0.15) is 13.3 Å². The third-order valence-electron chi connectivity index (χ3n) is 1.88. The summed E-state index contributed by atoms with van der Waals surface area (Å²) in [5, 5.41) is 0. The summed E-state index contributed by atoms with van der Waals surface area (Å²) in [7, 11) is 1.65. The summed E-state index contributed by atoms with van der Waals surface area (Å²) in [6, 6.07) is 0. The largest absolute Gasteiger partial charge is 0.501 e. The number of carbonyl (C=O) groups excluding carboxylic acids is 1. The summed E-state index contributed by atoms with van der Waals surface area (Å²) in [5.74, 6) is 1.29. The number of ether oxygens (including phenoxy) is 1. The maximum absolute atomic E-state index is 10.4. The molecule has 0 saturated carbocycles. The fourth-order valence-corrected chi connectivity index (χ4v) is 1.23. The molecule has 1 rings (SSSR count). The first kappa shape index (κ1) is 8.05. The molecule has 1 aliphatic carbocycles. The molecule has 1 unspecified atom stereocenters. The van der Waals surface area contributed by atoms with Crippen molar-refractivity contribution in [1.82, 2.24) is 0 Å². The third-order valence-corrected chi connectivity index (χ3v) is 1.88. The SMILES string of the molecule is COC1=CC=C(C=O)CC1C. The lowest BCUT2D eigenvalue weighted by molar-refractivity contribution is -0.105. The maximum Gasteiger partial charge on any atom is 0.146 e. The van der Waals surface area contributed by atoms with Crippen molar-refractivity contribution < 1.29 is 9.53 Å². The van der Waals surface area contributed by atoms with E-state index in [-0.39, 0.29) is 0 Å². The van der Waals surface area contributed by atoms with Gasteiger partial charge in [-0.15, -0.1) is 0 Å². The van der Waals surface area contributed by atoms with Crippen molar-refractivity contribution in [3.05, 3.63) is 23.5 Å². The van der Waals surface area contributed by atoms with Crippen LogP contribution in [0.15, 0.2) is 23.5 Å². The van der Waals surface area contributed by atoms with E-state index in [1.54, 1.807) is 7.11 Å². The Labute approximate surface area is 66.5 Å². The first-order valence-electron chi connectivity index (χ1n) is 3.68. The van der Waals surface area contributed by atoms with Gasteiger partial charge in [-0.1, -0.05) is 13.0 Å². The quantitative estimate of drug-likeness (QED) is 0.563. The van der Waals surface area contributed by atoms with Crippen LogP contribution in [0.5, 0.6) is 0 Å². The maximum atomic E-state index is 10.4. The van der Waals surface area contributed by atoms with Gasteiger partial charge in [0.25, 0.3) is 0 Å². The van der Waals surface area contributed by atoms with Crippen molar-refractivity contribution in [2.75, 3.05) is 7.11 Å². The molecule has 0 aromatic rings. The van der Waals surface area contributed by atoms with Gasteiger partial charge < -0.3 is 4.74 Å². The predicted molar refractivity (Wildman–Crippen MR) is 43.0 cm³/mol. The van der Waals surface area contributed by atoms with Crippen LogP contribution in [-0.2, 0) is 9.53 Å². The average Bonchev–Trinajstić information content (AvgIpc) is 2.04. The topological polar surface area (TPSA) is 26.3 Å². The Hall–Kier alpha value is -1.05. The summed E-state index contributed by atoms with van der Waals surface area (Å²) in [6.07, 6.45) is 5.37. The molecular weight excluding hydrogens is 140 g/mol. The first-order valence-corrected chi connectivity index (χ1v) is 3.68. The van der Waals surface area contributed by atoms with Gasteiger partial charge in [0.2, 0.25) is 0 Å². The number of carbonyl (C=O) groups is 1. The Bertz CT molecular complexity index is 214. The first-order chi connectivity index (χ1) is 5.27. The normalized spacial score (nSPS) is 23.6. The van der Waals surface area contributed by atoms with Crippen LogP contribution in [-0.4, -0.2) is 13.4 Å². The fraction of sp³-hybridized carbons (Fsp3) is 0.444. The van der Waals surface area contributed by atoms with Crippen LogP contribution in [0.4, 0.5) is 0 Å². The summed E-state index contributed by atoms with van der Waals surface area (Å²) >= 11 is 0. The number of hydrogen-bond acceptors (Lipinski definition) is 2. The van der Waals surface area contributed by atoms with Crippen molar-refractivity contribution in [1.29, 1.82) is 0 Å². The zero-order chi connectivity index (χ0) is 8.27. The molecule has 0 amide bonds. The molecule has 0 saturated heterocycles. The molecule has 0 radical (unpaired) electrons. The van der Waals surface area contributed by atoms with Gasteiger partial charge in [-0.05, 0) is 18.1 Å². The van der Waals surface area contributed by atoms with Crippen molar-refractivity contribution in [3.8, 4) is 0 Å². The number of aldehydes is 1. The van der Waals surface area contributed by atoms with Crippen LogP contribution in [0, 0.1) is 5.92 Å². The molecule has 0 fully saturated rings. The Kier molecular flexibility index (Phi) is 2.47. The molecule has 0 N–H and O–H groups in total. The smallest absolute Gasteiger partial charge is 0.146 e. The number of methoxy groups -OCH3 is 1. The van der Waals surface area contributed by atoms with Crippen LogP contribution in [0.25, 0.3) is 0 Å². The zero-order valence-corrected chi connectivity index (χ0v) is 6.83. The molecule has 0 spiro atoms. The van der Waals surface area contributed by atoms with Crippen LogP contribution < -0.4 is 0 Å². The molecule has 60 valence electrons. The zero-order valence-electron chi connectivity index (χ0n) is 6.83. The van der Waals surface area contributed by atoms with Crippen molar-refractivity contribution >= 4 is 6.29 Å². The number of rotatable bonds is 2. The summed E-state index contributed by atoms with van der Waals surface area (Å²) in [5.41, 5.74) is 0.846. The second kappa shape index (κ2) is 3.37. The van der Waals surface area contributed by atoms with Crippen molar-refractivity contribution in [2.45, 2.75) is 13.3 Å². The van der Waals surface area contributed by atoms with Crippen molar-refractivity contribution in [3.63, 3.8) is 0 Å². The molecule has 0 aromatic carbocycles. The van der Waals surface area contributed by atoms with E-state index in [1.807, 2.05) is 19.1 Å². The molecule has 11 heavy (non-hydrogen) atoms. The molecule has 1 atom stereocenters. The standard InChI is InChI=1S/C9H12O2/c1-7-5-8(6-10)3-4-9(7)11-2/h3-4,6-7H,5H2,1-2H3. The molecule has 1 aliphatic rings. The van der Waals surface area contributed by atoms with Gasteiger partial charge in [0.15, 0.2) is 0 Å². The highest BCUT2D eigenvalue weighted by Gasteiger charge is 2.14. The highest BCUT2D eigenvalue weighted by molar-refractivity contribution is 5.74. The van der Waals surface area contributed by atoms with Gasteiger partial charge in [-0.3, -0.25) is 4.79 Å². The average molecular weight is 152 g/mol. The van der Waals surface area contributed by atoms with Gasteiger partial charge in [0.05, 0.1) is 12.9 Å². The highest BCUT2D eigenvalue weighted by atomic mass is 16.5. The molecule has 0 aliphatic heterocycles. The van der Waals surface area contributed by atoms with Gasteiger partial charge in [-0.2, -0.15) is 0 Å². The van der Waals surface area contributed by atoms with Crippen LogP contribution >= 0.6 is 0 Å². The minimum atomic E-state index is 0.338. The second-order valence-corrected chi connectivity index (χ2v) is 2.74. The van der Waals surface area contributed by atoms with Gasteiger partial charge in [0.1, 0.15) is 6.29 Å². The van der Waals surface area contributed by atoms with E-state index in [2.05, 4.69) is 0 Å². The van der Waals surface area contributed by atoms with Crippen molar-refractivity contribution in [2.24, 2.45) is 5.92 Å². The van der Waals surface area contributed by atoms with Gasteiger partial charge >= 0.3 is 0 Å². The monoisotopic (exact) mass is 152 g/mol. The van der Waals surface area contributed by atoms with E-state index in [0.29, 0.717) is 5.92 Å². The number of hydrogen-bond donors (Lipinski definition) is 0. The lowest BCUT2D eigenvalue weighted by Crippen LogP contribution is -2.07. The Morgan fingerprint density at radius 2 is 2.36 bits per heavy atom. The van der Waals surface area contributed by atoms with Crippen LogP contribution in [0.3, 0.4) is 0 Å².